The summed E-state index contributed by atoms with van der Waals surface area (Å²) in [5, 5.41) is 0. The van der Waals surface area contributed by atoms with Gasteiger partial charge in [-0.2, -0.15) is 0 Å². The number of hydrogen-bond acceptors (Lipinski definition) is 0. The van der Waals surface area contributed by atoms with Crippen molar-refractivity contribution in [2.45, 2.75) is 0 Å². The van der Waals surface area contributed by atoms with Crippen LogP contribution < -0.4 is 0 Å². The minimum Gasteiger partial charge on any atom is -3.00 e. The predicted molar refractivity (Wildman–Crippen MR) is 24.2 cm³/mol. The first-order valence-electron chi connectivity index (χ1n) is 0. The van der Waals surface area contributed by atoms with Crippen LogP contribution in [-0.2, 0) is 0 Å². The van der Waals surface area contributed by atoms with Gasteiger partial charge in [0.1, 0.15) is 0 Å². The maximum Gasteiger partial charge on any atom is 3.00 e. The van der Waals surface area contributed by atoms with Crippen LogP contribution in [0.1, 0.15) is 0 Å². The summed E-state index contributed by atoms with van der Waals surface area (Å²) in [6.07, 6.45) is 0. The average molecular weight is 242 g/mol. The molecule has 0 N–H and O–H groups in total. The van der Waals surface area contributed by atoms with Crippen LogP contribution in [0.5, 0.6) is 0 Å². The van der Waals surface area contributed by atoms with Crippen molar-refractivity contribution < 1.29 is 0 Å². The Morgan fingerprint density at radius 3 is 1.00 bits per heavy atom. The fraction of sp³-hybridized carbons (Fsp3) is 0. The third kappa shape index (κ3) is 8.82. The first kappa shape index (κ1) is 31.7. The van der Waals surface area contributed by atoms with Gasteiger partial charge in [0.05, 0.1) is 0 Å². The summed E-state index contributed by atoms with van der Waals surface area (Å²) in [4.78, 5) is 0. The molecule has 0 unspecified atom stereocenters. The summed E-state index contributed by atoms with van der Waals surface area (Å²) < 4.78 is 0. The van der Waals surface area contributed by atoms with Gasteiger partial charge in [-0.25, -0.2) is 0 Å². The Morgan fingerprint density at radius 1 is 1.00 bits per heavy atom. The van der Waals surface area contributed by atoms with Crippen molar-refractivity contribution in [2.75, 3.05) is 0 Å². The van der Waals surface area contributed by atoms with Crippen LogP contribution in [0.2, 0.25) is 0 Å². The molecule has 0 aromatic carbocycles. The molecule has 0 fully saturated rings. The molecule has 14 valence electrons. The monoisotopic (exact) mass is 242 g/mol. The van der Waals surface area contributed by atoms with Gasteiger partial charge in [-0.3, -0.25) is 0 Å². The van der Waals surface area contributed by atoms with Crippen molar-refractivity contribution in [3.63, 3.8) is 0 Å². The van der Waals surface area contributed by atoms with Crippen LogP contribution in [0.15, 0.2) is 0 Å². The Balaban J connectivity index is 0. The van der Waals surface area contributed by atoms with Crippen molar-refractivity contribution in [1.82, 2.24) is 0 Å². The Hall–Kier alpha value is 2.47. The van der Waals surface area contributed by atoms with Gasteiger partial charge in [0.25, 0.3) is 0 Å². The third-order valence-corrected chi connectivity index (χ3v) is 0. The summed E-state index contributed by atoms with van der Waals surface area (Å²) in [5.41, 5.74) is 0. The fourth-order valence-corrected chi connectivity index (χ4v) is 0. The SMILES string of the molecule is [Al].[Ga].[In+3].[P-3]. The Morgan fingerprint density at radius 2 is 1.00 bits per heavy atom. The molecule has 0 aromatic heterocycles. The Bertz CT molecular complexity index is 8.00. The topological polar surface area (TPSA) is 0 Å². The minimum atomic E-state index is 0. The molecule has 4 heteroatoms. The Labute approximate surface area is 72.1 Å². The summed E-state index contributed by atoms with van der Waals surface area (Å²) in [7, 11) is 0. The third-order valence-electron chi connectivity index (χ3n) is 0. The second-order valence-electron chi connectivity index (χ2n) is 0. The van der Waals surface area contributed by atoms with E-state index in [2.05, 4.69) is 0 Å². The molecule has 6 radical (unpaired) electrons. The second-order valence-corrected chi connectivity index (χ2v) is 0. The van der Waals surface area contributed by atoms with Gasteiger partial charge in [-0.05, 0) is 0 Å². The van der Waals surface area contributed by atoms with Gasteiger partial charge in [0.15, 0.2) is 0 Å². The van der Waals surface area contributed by atoms with E-state index < -0.39 is 0 Å². The smallest absolute Gasteiger partial charge is 3.00 e. The summed E-state index contributed by atoms with van der Waals surface area (Å²) >= 11 is 0. The van der Waals surface area contributed by atoms with E-state index in [0.29, 0.717) is 0 Å². The molecule has 0 saturated heterocycles. The van der Waals surface area contributed by atoms with E-state index in [4.69, 9.17) is 0 Å². The van der Waals surface area contributed by atoms with Gasteiger partial charge >= 0.3 is 25.8 Å². The largest absolute Gasteiger partial charge is 3.00 e. The molecular weight excluding hydrogens is 242 g/mol. The minimum absolute atomic E-state index is 0. The van der Waals surface area contributed by atoms with Crippen LogP contribution in [0.4, 0.5) is 0 Å². The van der Waals surface area contributed by atoms with Crippen LogP contribution >= 0.6 is 9.90 Å². The van der Waals surface area contributed by atoms with Crippen LogP contribution in [0.25, 0.3) is 0 Å². The zero-order valence-electron chi connectivity index (χ0n) is 2.18. The predicted octanol–water partition coefficient (Wildman–Crippen LogP) is -0.281. The fourth-order valence-electron chi connectivity index (χ4n) is 0. The molecule has 0 saturated carbocycles. The molecule has 0 rings (SSSR count). The zero-order chi connectivity index (χ0) is 0. The van der Waals surface area contributed by atoms with Crippen molar-refractivity contribution in [1.29, 1.82) is 0 Å². The van der Waals surface area contributed by atoms with E-state index in [-0.39, 0.29) is 72.9 Å². The first-order chi connectivity index (χ1) is 0. The zero-order valence-corrected chi connectivity index (χ0v) is 9.95. The van der Waals surface area contributed by atoms with Crippen LogP contribution in [0, 0.1) is 0 Å². The maximum absolute atomic E-state index is 0. The molecule has 0 heterocycles. The number of rotatable bonds is 0. The summed E-state index contributed by atoms with van der Waals surface area (Å²) in [6, 6.07) is 0. The second kappa shape index (κ2) is 17.9. The molecule has 0 amide bonds. The standard InChI is InChI=1S/Al.Ga.In.P/q;;+3;-3. The van der Waals surface area contributed by atoms with Crippen LogP contribution in [-0.4, -0.2) is 63.0 Å². The summed E-state index contributed by atoms with van der Waals surface area (Å²) in [5.74, 6) is 0. The molecule has 0 spiro atoms. The normalized spacial score (nSPS) is 0. The maximum atomic E-state index is 0. The van der Waals surface area contributed by atoms with E-state index in [1.165, 1.54) is 0 Å². The average Bonchev–Trinajstić information content (AvgIpc) is 0. The number of hydrogen-bond donors (Lipinski definition) is 0. The Kier molecular flexibility index (Phi) is 142. The quantitative estimate of drug-likeness (QED) is 0.405. The first-order valence-corrected chi connectivity index (χ1v) is 0. The van der Waals surface area contributed by atoms with Gasteiger partial charge in [0, 0.05) is 37.2 Å². The molecule has 0 bridgehead atoms. The molecule has 0 aliphatic heterocycles. The van der Waals surface area contributed by atoms with Crippen molar-refractivity contribution in [2.24, 2.45) is 0 Å². The van der Waals surface area contributed by atoms with Gasteiger partial charge in [0.2, 0.25) is 0 Å². The van der Waals surface area contributed by atoms with E-state index >= 15 is 0 Å². The molecule has 4 heavy (non-hydrogen) atoms. The van der Waals surface area contributed by atoms with E-state index in [0.717, 1.165) is 0 Å². The molecule has 0 nitrogen and oxygen atoms in total. The van der Waals surface area contributed by atoms with E-state index in [1.807, 2.05) is 0 Å². The van der Waals surface area contributed by atoms with E-state index in [9.17, 15) is 0 Å². The molecule has 0 aromatic rings. The summed E-state index contributed by atoms with van der Waals surface area (Å²) in [6.45, 7) is 0. The molecule has 0 aliphatic rings. The van der Waals surface area contributed by atoms with Crippen molar-refractivity contribution in [3.8, 4) is 0 Å². The van der Waals surface area contributed by atoms with Gasteiger partial charge < -0.3 is 9.90 Å². The molecule has 0 atom stereocenters. The van der Waals surface area contributed by atoms with E-state index in [1.54, 1.807) is 0 Å². The van der Waals surface area contributed by atoms with Gasteiger partial charge in [-0.1, -0.05) is 0 Å². The molecular formula is AlGaInP. The van der Waals surface area contributed by atoms with Crippen molar-refractivity contribution in [3.05, 3.63) is 0 Å². The van der Waals surface area contributed by atoms with Crippen molar-refractivity contribution >= 4 is 72.9 Å². The molecule has 0 aliphatic carbocycles. The van der Waals surface area contributed by atoms with Gasteiger partial charge in [-0.15, -0.1) is 0 Å². The van der Waals surface area contributed by atoms with Crippen LogP contribution in [0.3, 0.4) is 0 Å².